The molecule has 0 aliphatic heterocycles. The third-order valence-corrected chi connectivity index (χ3v) is 3.38. The quantitative estimate of drug-likeness (QED) is 0.587. The monoisotopic (exact) mass is 312 g/mol. The van der Waals surface area contributed by atoms with Gasteiger partial charge in [-0.2, -0.15) is 0 Å². The molecule has 2 rings (SSSR count). The smallest absolute Gasteiger partial charge is 0.274 e. The van der Waals surface area contributed by atoms with Crippen LogP contribution in [0.1, 0.15) is 34.6 Å². The standard InChI is InChI=1S/C18H20N2O3/c1-12(2)11-19-17(21)16-5-3-4-15(10-16)13-6-8-14(9-7-13)18(22)20-23/h3-10,12,23H,11H2,1-2H3,(H,19,21)(H,20,22). The molecule has 0 aromatic heterocycles. The average Bonchev–Trinajstić information content (AvgIpc) is 2.59. The maximum Gasteiger partial charge on any atom is 0.274 e. The number of rotatable bonds is 5. The molecule has 0 bridgehead atoms. The summed E-state index contributed by atoms with van der Waals surface area (Å²) in [5, 5.41) is 11.5. The van der Waals surface area contributed by atoms with Gasteiger partial charge in [-0.15, -0.1) is 0 Å². The zero-order valence-electron chi connectivity index (χ0n) is 13.2. The van der Waals surface area contributed by atoms with Crippen molar-refractivity contribution in [1.82, 2.24) is 10.8 Å². The molecule has 0 aliphatic rings. The van der Waals surface area contributed by atoms with Crippen LogP contribution < -0.4 is 10.8 Å². The zero-order valence-corrected chi connectivity index (χ0v) is 13.2. The Morgan fingerprint density at radius 1 is 0.957 bits per heavy atom. The lowest BCUT2D eigenvalue weighted by Crippen LogP contribution is -2.27. The third-order valence-electron chi connectivity index (χ3n) is 3.38. The van der Waals surface area contributed by atoms with Crippen molar-refractivity contribution < 1.29 is 14.8 Å². The summed E-state index contributed by atoms with van der Waals surface area (Å²) in [4.78, 5) is 23.4. The topological polar surface area (TPSA) is 78.4 Å². The number of hydrogen-bond acceptors (Lipinski definition) is 3. The largest absolute Gasteiger partial charge is 0.352 e. The molecule has 5 heteroatoms. The second-order valence-corrected chi connectivity index (χ2v) is 5.70. The normalized spacial score (nSPS) is 10.4. The minimum atomic E-state index is -0.557. The van der Waals surface area contributed by atoms with Crippen molar-refractivity contribution in [2.75, 3.05) is 6.54 Å². The molecule has 0 fully saturated rings. The maximum atomic E-state index is 12.1. The summed E-state index contributed by atoms with van der Waals surface area (Å²) < 4.78 is 0. The molecular weight excluding hydrogens is 292 g/mol. The van der Waals surface area contributed by atoms with Crippen LogP contribution in [0, 0.1) is 5.92 Å². The van der Waals surface area contributed by atoms with E-state index in [1.54, 1.807) is 35.8 Å². The fraction of sp³-hybridized carbons (Fsp3) is 0.222. The Labute approximate surface area is 135 Å². The van der Waals surface area contributed by atoms with Gasteiger partial charge >= 0.3 is 0 Å². The van der Waals surface area contributed by atoms with Crippen molar-refractivity contribution >= 4 is 11.8 Å². The number of amides is 2. The fourth-order valence-corrected chi connectivity index (χ4v) is 2.12. The lowest BCUT2D eigenvalue weighted by atomic mass is 10.0. The van der Waals surface area contributed by atoms with Crippen molar-refractivity contribution in [3.8, 4) is 11.1 Å². The van der Waals surface area contributed by atoms with Crippen molar-refractivity contribution in [2.45, 2.75) is 13.8 Å². The van der Waals surface area contributed by atoms with Gasteiger partial charge in [-0.05, 0) is 41.3 Å². The first-order chi connectivity index (χ1) is 11.0. The van der Waals surface area contributed by atoms with E-state index in [9.17, 15) is 9.59 Å². The second kappa shape index (κ2) is 7.56. The van der Waals surface area contributed by atoms with Crippen molar-refractivity contribution in [3.05, 3.63) is 59.7 Å². The Morgan fingerprint density at radius 2 is 1.65 bits per heavy atom. The molecule has 23 heavy (non-hydrogen) atoms. The second-order valence-electron chi connectivity index (χ2n) is 5.70. The third kappa shape index (κ3) is 4.40. The zero-order chi connectivity index (χ0) is 16.8. The molecule has 2 aromatic rings. The van der Waals surface area contributed by atoms with Crippen molar-refractivity contribution in [1.29, 1.82) is 0 Å². The molecule has 0 aliphatic carbocycles. The van der Waals surface area contributed by atoms with E-state index in [1.165, 1.54) is 0 Å². The summed E-state index contributed by atoms with van der Waals surface area (Å²) in [5.74, 6) is -0.262. The number of hydroxylamine groups is 1. The van der Waals surface area contributed by atoms with Gasteiger partial charge in [-0.1, -0.05) is 38.1 Å². The van der Waals surface area contributed by atoms with E-state index in [2.05, 4.69) is 5.32 Å². The van der Waals surface area contributed by atoms with E-state index in [-0.39, 0.29) is 5.91 Å². The van der Waals surface area contributed by atoms with Gasteiger partial charge in [-0.3, -0.25) is 14.8 Å². The Morgan fingerprint density at radius 3 is 2.26 bits per heavy atom. The highest BCUT2D eigenvalue weighted by molar-refractivity contribution is 5.96. The fourth-order valence-electron chi connectivity index (χ4n) is 2.12. The first-order valence-corrected chi connectivity index (χ1v) is 7.44. The SMILES string of the molecule is CC(C)CNC(=O)c1cccc(-c2ccc(C(=O)NO)cc2)c1. The molecule has 120 valence electrons. The molecule has 0 spiro atoms. The number of nitrogens with one attached hydrogen (secondary N) is 2. The van der Waals surface area contributed by atoms with E-state index < -0.39 is 5.91 Å². The highest BCUT2D eigenvalue weighted by atomic mass is 16.5. The predicted molar refractivity (Wildman–Crippen MR) is 88.3 cm³/mol. The van der Waals surface area contributed by atoms with Crippen LogP contribution in [0.5, 0.6) is 0 Å². The van der Waals surface area contributed by atoms with Gasteiger partial charge in [0.15, 0.2) is 0 Å². The minimum Gasteiger partial charge on any atom is -0.352 e. The molecule has 0 heterocycles. The maximum absolute atomic E-state index is 12.1. The van der Waals surface area contributed by atoms with Gasteiger partial charge in [0, 0.05) is 17.7 Å². The van der Waals surface area contributed by atoms with Gasteiger partial charge in [0.2, 0.25) is 0 Å². The van der Waals surface area contributed by atoms with E-state index >= 15 is 0 Å². The van der Waals surface area contributed by atoms with E-state index in [1.807, 2.05) is 32.0 Å². The van der Waals surface area contributed by atoms with Crippen molar-refractivity contribution in [2.24, 2.45) is 5.92 Å². The number of carbonyl (C=O) groups excluding carboxylic acids is 2. The van der Waals surface area contributed by atoms with Crippen LogP contribution in [0.15, 0.2) is 48.5 Å². The summed E-state index contributed by atoms with van der Waals surface area (Å²) in [7, 11) is 0. The number of carbonyl (C=O) groups is 2. The first kappa shape index (κ1) is 16.7. The van der Waals surface area contributed by atoms with Gasteiger partial charge in [-0.25, -0.2) is 5.48 Å². The van der Waals surface area contributed by atoms with Crippen LogP contribution in [-0.4, -0.2) is 23.6 Å². The van der Waals surface area contributed by atoms with E-state index in [4.69, 9.17) is 5.21 Å². The predicted octanol–water partition coefficient (Wildman–Crippen LogP) is 2.86. The molecule has 0 saturated heterocycles. The van der Waals surface area contributed by atoms with Crippen LogP contribution in [-0.2, 0) is 0 Å². The Bertz CT molecular complexity index is 694. The minimum absolute atomic E-state index is 0.100. The molecule has 0 unspecified atom stereocenters. The van der Waals surface area contributed by atoms with Gasteiger partial charge in [0.25, 0.3) is 11.8 Å². The Kier molecular flexibility index (Phi) is 5.49. The molecule has 5 nitrogen and oxygen atoms in total. The average molecular weight is 312 g/mol. The summed E-state index contributed by atoms with van der Waals surface area (Å²) in [6.45, 7) is 4.72. The van der Waals surface area contributed by atoms with Gasteiger partial charge < -0.3 is 5.32 Å². The summed E-state index contributed by atoms with van der Waals surface area (Å²) in [6, 6.07) is 14.1. The Hall–Kier alpha value is -2.66. The molecule has 2 amide bonds. The highest BCUT2D eigenvalue weighted by Crippen LogP contribution is 2.21. The van der Waals surface area contributed by atoms with E-state index in [0.717, 1.165) is 11.1 Å². The molecule has 3 N–H and O–H groups in total. The summed E-state index contributed by atoms with van der Waals surface area (Å²) >= 11 is 0. The molecule has 0 radical (unpaired) electrons. The van der Waals surface area contributed by atoms with E-state index in [0.29, 0.717) is 23.6 Å². The number of hydrogen-bond donors (Lipinski definition) is 3. The van der Waals surface area contributed by atoms with Crippen LogP contribution in [0.2, 0.25) is 0 Å². The summed E-state index contributed by atoms with van der Waals surface area (Å²) in [5.41, 5.74) is 4.33. The lowest BCUT2D eigenvalue weighted by molar-refractivity contribution is 0.0706. The van der Waals surface area contributed by atoms with Crippen LogP contribution >= 0.6 is 0 Å². The van der Waals surface area contributed by atoms with Crippen LogP contribution in [0.4, 0.5) is 0 Å². The van der Waals surface area contributed by atoms with Gasteiger partial charge in [0.05, 0.1) is 0 Å². The Balaban J connectivity index is 2.19. The molecule has 0 atom stereocenters. The molecular formula is C18H20N2O3. The highest BCUT2D eigenvalue weighted by Gasteiger charge is 2.08. The summed E-state index contributed by atoms with van der Waals surface area (Å²) in [6.07, 6.45) is 0. The first-order valence-electron chi connectivity index (χ1n) is 7.44. The van der Waals surface area contributed by atoms with Gasteiger partial charge in [0.1, 0.15) is 0 Å². The van der Waals surface area contributed by atoms with Crippen molar-refractivity contribution in [3.63, 3.8) is 0 Å². The van der Waals surface area contributed by atoms with Crippen LogP contribution in [0.25, 0.3) is 11.1 Å². The molecule has 2 aromatic carbocycles. The molecule has 0 saturated carbocycles. The lowest BCUT2D eigenvalue weighted by Gasteiger charge is -2.09. The number of benzene rings is 2. The van der Waals surface area contributed by atoms with Crippen LogP contribution in [0.3, 0.4) is 0 Å².